The summed E-state index contributed by atoms with van der Waals surface area (Å²) in [6.07, 6.45) is 2.19. The van der Waals surface area contributed by atoms with Gasteiger partial charge in [-0.25, -0.2) is 9.37 Å². The summed E-state index contributed by atoms with van der Waals surface area (Å²) in [5, 5.41) is 5.57. The second-order valence-corrected chi connectivity index (χ2v) is 7.70. The zero-order chi connectivity index (χ0) is 20.5. The molecule has 2 amide bonds. The number of carbonyl (C=O) groups is 2. The zero-order valence-corrected chi connectivity index (χ0v) is 16.2. The van der Waals surface area contributed by atoms with Gasteiger partial charge in [0.15, 0.2) is 11.5 Å². The number of carbonyl (C=O) groups excluding carboxylic acids is 2. The maximum atomic E-state index is 13.1. The minimum Gasteiger partial charge on any atom is -0.440 e. The molecule has 6 nitrogen and oxygen atoms in total. The Hall–Kier alpha value is -3.22. The van der Waals surface area contributed by atoms with Crippen molar-refractivity contribution in [2.75, 3.05) is 5.32 Å². The summed E-state index contributed by atoms with van der Waals surface area (Å²) in [7, 11) is 0. The minimum atomic E-state index is -0.748. The molecule has 2 N–H and O–H groups in total. The molecular weight excluding hydrogens is 373 g/mol. The van der Waals surface area contributed by atoms with Crippen molar-refractivity contribution >= 4 is 28.6 Å². The molecule has 3 aromatic rings. The molecule has 1 aromatic heterocycles. The average molecular weight is 395 g/mol. The smallest absolute Gasteiger partial charge is 0.251 e. The van der Waals surface area contributed by atoms with Crippen molar-refractivity contribution in [3.05, 3.63) is 59.7 Å². The Bertz CT molecular complexity index is 1050. The van der Waals surface area contributed by atoms with E-state index < -0.39 is 17.8 Å². The molecule has 0 spiro atoms. The maximum Gasteiger partial charge on any atom is 0.251 e. The molecule has 1 atom stereocenters. The first-order valence-electron chi connectivity index (χ1n) is 9.68. The molecule has 0 saturated heterocycles. The van der Waals surface area contributed by atoms with Crippen LogP contribution in [0.1, 0.15) is 48.9 Å². The molecule has 1 heterocycles. The van der Waals surface area contributed by atoms with E-state index in [1.54, 1.807) is 18.2 Å². The van der Waals surface area contributed by atoms with Gasteiger partial charge in [-0.05, 0) is 61.2 Å². The van der Waals surface area contributed by atoms with Gasteiger partial charge >= 0.3 is 0 Å². The number of anilines is 1. The molecule has 1 aliphatic rings. The molecule has 1 fully saturated rings. The highest BCUT2D eigenvalue weighted by molar-refractivity contribution is 6.01. The van der Waals surface area contributed by atoms with Gasteiger partial charge in [0.05, 0.1) is 0 Å². The van der Waals surface area contributed by atoms with Crippen LogP contribution >= 0.6 is 0 Å². The van der Waals surface area contributed by atoms with Crippen LogP contribution in [0.4, 0.5) is 10.1 Å². The summed E-state index contributed by atoms with van der Waals surface area (Å²) < 4.78 is 18.8. The Morgan fingerprint density at radius 1 is 1.14 bits per heavy atom. The van der Waals surface area contributed by atoms with Gasteiger partial charge in [0, 0.05) is 17.2 Å². The second kappa shape index (κ2) is 7.66. The van der Waals surface area contributed by atoms with E-state index in [-0.39, 0.29) is 11.8 Å². The molecule has 0 radical (unpaired) electrons. The number of aromatic nitrogens is 1. The van der Waals surface area contributed by atoms with Crippen molar-refractivity contribution in [3.63, 3.8) is 0 Å². The quantitative estimate of drug-likeness (QED) is 0.654. The van der Waals surface area contributed by atoms with E-state index in [4.69, 9.17) is 4.42 Å². The molecule has 1 unspecified atom stereocenters. The molecule has 4 rings (SSSR count). The predicted molar refractivity (Wildman–Crippen MR) is 107 cm³/mol. The summed E-state index contributed by atoms with van der Waals surface area (Å²) in [5.41, 5.74) is 2.26. The van der Waals surface area contributed by atoms with Crippen LogP contribution in [0.5, 0.6) is 0 Å². The molecule has 29 heavy (non-hydrogen) atoms. The van der Waals surface area contributed by atoms with Gasteiger partial charge in [0.25, 0.3) is 5.91 Å². The van der Waals surface area contributed by atoms with E-state index in [0.717, 1.165) is 18.7 Å². The highest BCUT2D eigenvalue weighted by atomic mass is 19.1. The largest absolute Gasteiger partial charge is 0.440 e. The number of oxazole rings is 1. The molecule has 0 bridgehead atoms. The first-order chi connectivity index (χ1) is 13.9. The van der Waals surface area contributed by atoms with Crippen molar-refractivity contribution in [2.45, 2.75) is 38.6 Å². The van der Waals surface area contributed by atoms with E-state index >= 15 is 0 Å². The number of hydrogen-bond donors (Lipinski definition) is 2. The van der Waals surface area contributed by atoms with Crippen LogP contribution in [0, 0.1) is 11.7 Å². The number of amides is 2. The topological polar surface area (TPSA) is 84.2 Å². The fourth-order valence-electron chi connectivity index (χ4n) is 3.11. The number of nitrogens with zero attached hydrogens (tertiary/aromatic N) is 1. The van der Waals surface area contributed by atoms with Crippen molar-refractivity contribution in [2.24, 2.45) is 5.92 Å². The van der Waals surface area contributed by atoms with Gasteiger partial charge in [-0.15, -0.1) is 0 Å². The van der Waals surface area contributed by atoms with Gasteiger partial charge < -0.3 is 15.1 Å². The third-order valence-corrected chi connectivity index (χ3v) is 4.94. The van der Waals surface area contributed by atoms with Crippen LogP contribution in [0.3, 0.4) is 0 Å². The lowest BCUT2D eigenvalue weighted by Gasteiger charge is -2.21. The number of nitrogens with one attached hydrogen (secondary N) is 2. The number of rotatable bonds is 6. The Morgan fingerprint density at radius 3 is 2.52 bits per heavy atom. The van der Waals surface area contributed by atoms with Gasteiger partial charge in [-0.1, -0.05) is 13.8 Å². The summed E-state index contributed by atoms with van der Waals surface area (Å²) >= 11 is 0. The third-order valence-electron chi connectivity index (χ3n) is 4.94. The lowest BCUT2D eigenvalue weighted by atomic mass is 10.0. The van der Waals surface area contributed by atoms with Crippen LogP contribution in [0.25, 0.3) is 11.1 Å². The standard InChI is InChI=1S/C22H22FN3O3/c1-12(2)19(26-20(27)13-5-7-15(23)8-6-13)21(28)24-16-9-10-18-17(11-16)25-22(29-18)14-3-4-14/h5-12,14,19H,3-4H2,1-2H3,(H,24,28)(H,26,27). The molecule has 0 aliphatic heterocycles. The van der Waals surface area contributed by atoms with Gasteiger partial charge in [-0.2, -0.15) is 0 Å². The Morgan fingerprint density at radius 2 is 1.86 bits per heavy atom. The summed E-state index contributed by atoms with van der Waals surface area (Å²) in [4.78, 5) is 29.7. The Kier molecular flexibility index (Phi) is 5.05. The summed E-state index contributed by atoms with van der Waals surface area (Å²) in [6, 6.07) is 9.74. The van der Waals surface area contributed by atoms with Crippen LogP contribution in [-0.4, -0.2) is 22.8 Å². The highest BCUT2D eigenvalue weighted by Gasteiger charge is 2.29. The van der Waals surface area contributed by atoms with Crippen LogP contribution in [0.15, 0.2) is 46.9 Å². The molecule has 150 valence electrons. The number of benzene rings is 2. The fraction of sp³-hybridized carbons (Fsp3) is 0.318. The monoisotopic (exact) mass is 395 g/mol. The van der Waals surface area contributed by atoms with Crippen molar-refractivity contribution in [3.8, 4) is 0 Å². The van der Waals surface area contributed by atoms with Gasteiger partial charge in [0.2, 0.25) is 5.91 Å². The molecule has 1 saturated carbocycles. The van der Waals surface area contributed by atoms with E-state index in [9.17, 15) is 14.0 Å². The predicted octanol–water partition coefficient (Wildman–Crippen LogP) is 4.24. The first kappa shape index (κ1) is 19.1. The Labute approximate surface area is 167 Å². The molecule has 7 heteroatoms. The van der Waals surface area contributed by atoms with Crippen LogP contribution in [0.2, 0.25) is 0 Å². The van der Waals surface area contributed by atoms with E-state index in [1.807, 2.05) is 13.8 Å². The maximum absolute atomic E-state index is 13.1. The number of fused-ring (bicyclic) bond motifs is 1. The zero-order valence-electron chi connectivity index (χ0n) is 16.2. The molecule has 1 aliphatic carbocycles. The molecular formula is C22H22FN3O3. The average Bonchev–Trinajstić information content (AvgIpc) is 3.45. The lowest BCUT2D eigenvalue weighted by molar-refractivity contribution is -0.118. The lowest BCUT2D eigenvalue weighted by Crippen LogP contribution is -2.47. The number of halogens is 1. The third kappa shape index (κ3) is 4.29. The normalized spacial score (nSPS) is 14.8. The van der Waals surface area contributed by atoms with E-state index in [2.05, 4.69) is 15.6 Å². The minimum absolute atomic E-state index is 0.142. The van der Waals surface area contributed by atoms with Crippen molar-refractivity contribution in [1.29, 1.82) is 0 Å². The van der Waals surface area contributed by atoms with E-state index in [0.29, 0.717) is 28.3 Å². The van der Waals surface area contributed by atoms with Crippen molar-refractivity contribution in [1.82, 2.24) is 10.3 Å². The van der Waals surface area contributed by atoms with Gasteiger partial charge in [0.1, 0.15) is 17.4 Å². The SMILES string of the molecule is CC(C)C(NC(=O)c1ccc(F)cc1)C(=O)Nc1ccc2oc(C3CC3)nc2c1. The highest BCUT2D eigenvalue weighted by Crippen LogP contribution is 2.40. The Balaban J connectivity index is 1.47. The second-order valence-electron chi connectivity index (χ2n) is 7.70. The summed E-state index contributed by atoms with van der Waals surface area (Å²) in [6.45, 7) is 3.69. The van der Waals surface area contributed by atoms with Crippen molar-refractivity contribution < 1.29 is 18.4 Å². The van der Waals surface area contributed by atoms with E-state index in [1.165, 1.54) is 24.3 Å². The first-order valence-corrected chi connectivity index (χ1v) is 9.68. The van der Waals surface area contributed by atoms with Crippen LogP contribution in [-0.2, 0) is 4.79 Å². The summed E-state index contributed by atoms with van der Waals surface area (Å²) in [5.74, 6) is -0.174. The fourth-order valence-corrected chi connectivity index (χ4v) is 3.11. The van der Waals surface area contributed by atoms with Crippen LogP contribution < -0.4 is 10.6 Å². The van der Waals surface area contributed by atoms with Gasteiger partial charge in [-0.3, -0.25) is 9.59 Å². The number of hydrogen-bond acceptors (Lipinski definition) is 4. The molecule has 2 aromatic carbocycles.